The molecule has 1 amide bonds. The molecule has 1 aliphatic carbocycles. The maximum Gasteiger partial charge on any atom is 0.291 e. The third-order valence-electron chi connectivity index (χ3n) is 5.51. The normalized spacial score (nSPS) is 14.1. The number of pyridine rings is 1. The summed E-state index contributed by atoms with van der Waals surface area (Å²) >= 11 is 3.41. The van der Waals surface area contributed by atoms with Gasteiger partial charge in [0.25, 0.3) is 5.91 Å². The molecule has 1 atom stereocenters. The molecule has 0 unspecified atom stereocenters. The quantitative estimate of drug-likeness (QED) is 0.355. The highest BCUT2D eigenvalue weighted by Crippen LogP contribution is 2.45. The second-order valence-electron chi connectivity index (χ2n) is 7.70. The van der Waals surface area contributed by atoms with E-state index in [1.165, 1.54) is 34.4 Å². The molecule has 5 rings (SSSR count). The molecule has 0 saturated heterocycles. The predicted molar refractivity (Wildman–Crippen MR) is 126 cm³/mol. The van der Waals surface area contributed by atoms with Gasteiger partial charge >= 0.3 is 0 Å². The van der Waals surface area contributed by atoms with E-state index in [4.69, 9.17) is 4.42 Å². The highest BCUT2D eigenvalue weighted by Gasteiger charge is 2.29. The summed E-state index contributed by atoms with van der Waals surface area (Å²) in [6.07, 6.45) is 7.80. The number of thiophene rings is 2. The lowest BCUT2D eigenvalue weighted by molar-refractivity contribution is 0.0997. The SMILES string of the molecule is Cc1ccnc(N[C@H](c2cccs2)c2c(NC(=O)c3ccco3)sc3c2CCCC3)c1. The van der Waals surface area contributed by atoms with Gasteiger partial charge in [0.05, 0.1) is 12.3 Å². The molecule has 0 fully saturated rings. The van der Waals surface area contributed by atoms with Gasteiger partial charge in [0.2, 0.25) is 0 Å². The van der Waals surface area contributed by atoms with Gasteiger partial charge in [-0.05, 0) is 79.4 Å². The number of aromatic nitrogens is 1. The van der Waals surface area contributed by atoms with Crippen molar-refractivity contribution in [3.63, 3.8) is 0 Å². The molecule has 1 aliphatic rings. The zero-order valence-corrected chi connectivity index (χ0v) is 18.8. The van der Waals surface area contributed by atoms with E-state index in [1.807, 2.05) is 12.3 Å². The second kappa shape index (κ2) is 8.69. The monoisotopic (exact) mass is 449 g/mol. The first-order chi connectivity index (χ1) is 15.2. The molecule has 0 aromatic carbocycles. The third kappa shape index (κ3) is 4.16. The van der Waals surface area contributed by atoms with Crippen LogP contribution in [0.25, 0.3) is 0 Å². The van der Waals surface area contributed by atoms with Gasteiger partial charge in [0.1, 0.15) is 10.8 Å². The summed E-state index contributed by atoms with van der Waals surface area (Å²) in [5.41, 5.74) is 3.68. The van der Waals surface area contributed by atoms with Crippen molar-refractivity contribution in [2.24, 2.45) is 0 Å². The van der Waals surface area contributed by atoms with Gasteiger partial charge in [0.15, 0.2) is 5.76 Å². The van der Waals surface area contributed by atoms with Crippen molar-refractivity contribution < 1.29 is 9.21 Å². The van der Waals surface area contributed by atoms with Crippen LogP contribution in [0.3, 0.4) is 0 Å². The van der Waals surface area contributed by atoms with Crippen LogP contribution in [0.15, 0.2) is 58.7 Å². The van der Waals surface area contributed by atoms with E-state index in [9.17, 15) is 4.79 Å². The third-order valence-corrected chi connectivity index (χ3v) is 7.67. The molecule has 4 heterocycles. The second-order valence-corrected chi connectivity index (χ2v) is 9.78. The van der Waals surface area contributed by atoms with Crippen molar-refractivity contribution in [2.45, 2.75) is 38.6 Å². The van der Waals surface area contributed by atoms with Crippen LogP contribution in [0.5, 0.6) is 0 Å². The Bertz CT molecular complexity index is 1180. The highest BCUT2D eigenvalue weighted by molar-refractivity contribution is 7.16. The van der Waals surface area contributed by atoms with Crippen LogP contribution in [-0.4, -0.2) is 10.9 Å². The fourth-order valence-corrected chi connectivity index (χ4v) is 6.17. The number of furan rings is 1. The fourth-order valence-electron chi connectivity index (χ4n) is 4.07. The number of amides is 1. The lowest BCUT2D eigenvalue weighted by Gasteiger charge is -2.23. The summed E-state index contributed by atoms with van der Waals surface area (Å²) in [6.45, 7) is 2.06. The molecule has 7 heteroatoms. The van der Waals surface area contributed by atoms with Crippen molar-refractivity contribution in [1.82, 2.24) is 4.98 Å². The van der Waals surface area contributed by atoms with E-state index in [0.717, 1.165) is 34.8 Å². The molecule has 31 heavy (non-hydrogen) atoms. The summed E-state index contributed by atoms with van der Waals surface area (Å²) in [5.74, 6) is 0.930. The molecule has 5 nitrogen and oxygen atoms in total. The highest BCUT2D eigenvalue weighted by atomic mass is 32.1. The zero-order chi connectivity index (χ0) is 21.2. The summed E-state index contributed by atoms with van der Waals surface area (Å²) < 4.78 is 5.32. The minimum atomic E-state index is -0.219. The summed E-state index contributed by atoms with van der Waals surface area (Å²) in [5, 5.41) is 9.78. The Morgan fingerprint density at radius 3 is 2.87 bits per heavy atom. The first-order valence-corrected chi connectivity index (χ1v) is 12.1. The molecule has 158 valence electrons. The Morgan fingerprint density at radius 2 is 2.10 bits per heavy atom. The summed E-state index contributed by atoms with van der Waals surface area (Å²) in [4.78, 5) is 19.9. The molecule has 0 radical (unpaired) electrons. The molecular weight excluding hydrogens is 426 g/mol. The summed E-state index contributed by atoms with van der Waals surface area (Å²) in [6, 6.07) is 11.6. The number of carbonyl (C=O) groups is 1. The Balaban J connectivity index is 1.59. The maximum absolute atomic E-state index is 12.8. The largest absolute Gasteiger partial charge is 0.459 e. The number of fused-ring (bicyclic) bond motifs is 1. The van der Waals surface area contributed by atoms with Gasteiger partial charge in [-0.2, -0.15) is 0 Å². The van der Waals surface area contributed by atoms with Crippen molar-refractivity contribution in [3.8, 4) is 0 Å². The van der Waals surface area contributed by atoms with Gasteiger partial charge < -0.3 is 15.1 Å². The number of rotatable bonds is 6. The molecule has 4 aromatic rings. The minimum absolute atomic E-state index is 0.0840. The van der Waals surface area contributed by atoms with Crippen LogP contribution in [0.1, 0.15) is 55.9 Å². The molecule has 0 saturated carbocycles. The van der Waals surface area contributed by atoms with Crippen molar-refractivity contribution >= 4 is 39.4 Å². The Morgan fingerprint density at radius 1 is 1.19 bits per heavy atom. The number of anilines is 2. The van der Waals surface area contributed by atoms with Crippen LogP contribution in [0, 0.1) is 6.92 Å². The Labute approximate surface area is 189 Å². The van der Waals surface area contributed by atoms with E-state index >= 15 is 0 Å². The van der Waals surface area contributed by atoms with E-state index in [1.54, 1.807) is 34.8 Å². The van der Waals surface area contributed by atoms with E-state index in [-0.39, 0.29) is 11.9 Å². The predicted octanol–water partition coefficient (Wildman–Crippen LogP) is 6.44. The number of nitrogens with zero attached hydrogens (tertiary/aromatic N) is 1. The molecule has 2 N–H and O–H groups in total. The van der Waals surface area contributed by atoms with E-state index in [0.29, 0.717) is 5.76 Å². The average molecular weight is 450 g/mol. The first-order valence-electron chi connectivity index (χ1n) is 10.4. The average Bonchev–Trinajstić information content (AvgIpc) is 3.53. The van der Waals surface area contributed by atoms with Crippen LogP contribution >= 0.6 is 22.7 Å². The first kappa shape index (κ1) is 20.0. The van der Waals surface area contributed by atoms with Gasteiger partial charge in [-0.1, -0.05) is 6.07 Å². The number of nitrogens with one attached hydrogen (secondary N) is 2. The Kier molecular flexibility index (Phi) is 5.61. The number of carbonyl (C=O) groups excluding carboxylic acids is 1. The molecule has 0 spiro atoms. The minimum Gasteiger partial charge on any atom is -0.459 e. The standard InChI is InChI=1S/C24H23N3O2S2/c1-15-10-11-25-20(14-15)26-22(19-9-5-13-30-19)21-16-6-2-3-8-18(16)31-24(21)27-23(28)17-7-4-12-29-17/h4-5,7,9-14,22H,2-3,6,8H2,1H3,(H,25,26)(H,27,28)/t22-/m1/s1. The van der Waals surface area contributed by atoms with Crippen molar-refractivity contribution in [3.05, 3.63) is 86.4 Å². The van der Waals surface area contributed by atoms with Crippen LogP contribution in [-0.2, 0) is 12.8 Å². The zero-order valence-electron chi connectivity index (χ0n) is 17.2. The number of hydrogen-bond donors (Lipinski definition) is 2. The number of aryl methyl sites for hydroxylation is 2. The maximum atomic E-state index is 12.8. The van der Waals surface area contributed by atoms with Gasteiger partial charge in [-0.15, -0.1) is 22.7 Å². The van der Waals surface area contributed by atoms with Crippen molar-refractivity contribution in [2.75, 3.05) is 10.6 Å². The topological polar surface area (TPSA) is 67.2 Å². The van der Waals surface area contributed by atoms with Gasteiger partial charge in [-0.25, -0.2) is 4.98 Å². The Hall–Kier alpha value is -2.90. The lowest BCUT2D eigenvalue weighted by atomic mass is 9.91. The molecule has 0 bridgehead atoms. The molecule has 4 aromatic heterocycles. The van der Waals surface area contributed by atoms with Crippen LogP contribution < -0.4 is 10.6 Å². The molecular formula is C24H23N3O2S2. The molecule has 0 aliphatic heterocycles. The number of hydrogen-bond acceptors (Lipinski definition) is 6. The van der Waals surface area contributed by atoms with Crippen LogP contribution in [0.4, 0.5) is 10.8 Å². The fraction of sp³-hybridized carbons (Fsp3) is 0.250. The lowest BCUT2D eigenvalue weighted by Crippen LogP contribution is -2.18. The van der Waals surface area contributed by atoms with Gasteiger partial charge in [0, 0.05) is 21.5 Å². The van der Waals surface area contributed by atoms with Crippen molar-refractivity contribution in [1.29, 1.82) is 0 Å². The van der Waals surface area contributed by atoms with Gasteiger partial charge in [-0.3, -0.25) is 4.79 Å². The summed E-state index contributed by atoms with van der Waals surface area (Å²) in [7, 11) is 0. The van der Waals surface area contributed by atoms with E-state index in [2.05, 4.69) is 46.1 Å². The van der Waals surface area contributed by atoms with E-state index < -0.39 is 0 Å². The smallest absolute Gasteiger partial charge is 0.291 e. The van der Waals surface area contributed by atoms with Crippen LogP contribution in [0.2, 0.25) is 0 Å².